The molecule has 1 atom stereocenters. The van der Waals surface area contributed by atoms with E-state index < -0.39 is 29.4 Å². The summed E-state index contributed by atoms with van der Waals surface area (Å²) >= 11 is 3.38. The van der Waals surface area contributed by atoms with Gasteiger partial charge >= 0.3 is 17.8 Å². The smallest absolute Gasteiger partial charge is 0.331 e. The highest BCUT2D eigenvalue weighted by Gasteiger charge is 2.41. The number of benzene rings is 1. The molecule has 0 aromatic heterocycles. The van der Waals surface area contributed by atoms with E-state index in [0.29, 0.717) is 41.6 Å². The minimum atomic E-state index is -1.24. The minimum Gasteiger partial charge on any atom is -0.496 e. The lowest BCUT2D eigenvalue weighted by Gasteiger charge is -2.39. The van der Waals surface area contributed by atoms with Crippen LogP contribution in [0.15, 0.2) is 16.6 Å². The summed E-state index contributed by atoms with van der Waals surface area (Å²) in [7, 11) is 1.53. The number of terminal acetylenes is 1. The van der Waals surface area contributed by atoms with Crippen molar-refractivity contribution in [2.75, 3.05) is 20.2 Å². The van der Waals surface area contributed by atoms with Gasteiger partial charge in [0.2, 0.25) is 0 Å². The third kappa shape index (κ3) is 5.59. The highest BCUT2D eigenvalue weighted by Crippen LogP contribution is 2.37. The normalized spacial score (nSPS) is 15.6. The Kier molecular flexibility index (Phi) is 8.13. The van der Waals surface area contributed by atoms with E-state index in [1.54, 1.807) is 12.1 Å². The van der Waals surface area contributed by atoms with Crippen LogP contribution in [0.1, 0.15) is 57.2 Å². The standard InChI is InChI=1S/C23H29BrN2O5/c1-6-7-8-9-11-26(23(2,3)4)21(28)20(27)25-12-10-15-13-18(31-5)17(24)14-16(15)19(25)22(29)30/h1,13-14,19H,7-12H2,2-5H3,(H,29,30). The second-order valence-corrected chi connectivity index (χ2v) is 9.32. The molecule has 1 aliphatic rings. The molecular formula is C23H29BrN2O5. The van der Waals surface area contributed by atoms with Crippen LogP contribution in [0.4, 0.5) is 0 Å². The predicted molar refractivity (Wildman–Crippen MR) is 121 cm³/mol. The number of carbonyl (C=O) groups excluding carboxylic acids is 2. The van der Waals surface area contributed by atoms with E-state index >= 15 is 0 Å². The van der Waals surface area contributed by atoms with Gasteiger partial charge in [0.25, 0.3) is 0 Å². The molecule has 31 heavy (non-hydrogen) atoms. The van der Waals surface area contributed by atoms with Crippen LogP contribution in [-0.4, -0.2) is 58.4 Å². The van der Waals surface area contributed by atoms with E-state index in [-0.39, 0.29) is 6.54 Å². The lowest BCUT2D eigenvalue weighted by atomic mass is 9.92. The van der Waals surface area contributed by atoms with Gasteiger partial charge in [-0.1, -0.05) is 0 Å². The second kappa shape index (κ2) is 10.2. The van der Waals surface area contributed by atoms with Gasteiger partial charge < -0.3 is 19.6 Å². The molecule has 0 saturated heterocycles. The van der Waals surface area contributed by atoms with Crippen molar-refractivity contribution in [3.8, 4) is 18.1 Å². The van der Waals surface area contributed by atoms with Gasteiger partial charge in [0.05, 0.1) is 11.6 Å². The van der Waals surface area contributed by atoms with Crippen molar-refractivity contribution in [2.24, 2.45) is 0 Å². The fraction of sp³-hybridized carbons (Fsp3) is 0.522. The molecule has 0 radical (unpaired) electrons. The maximum Gasteiger partial charge on any atom is 0.331 e. The van der Waals surface area contributed by atoms with Crippen LogP contribution in [0, 0.1) is 12.3 Å². The molecule has 2 rings (SSSR count). The fourth-order valence-corrected chi connectivity index (χ4v) is 4.26. The van der Waals surface area contributed by atoms with Crippen LogP contribution in [0.25, 0.3) is 0 Å². The number of hydrogen-bond donors (Lipinski definition) is 1. The number of carboxylic acid groups (broad SMARTS) is 1. The van der Waals surface area contributed by atoms with Gasteiger partial charge in [0, 0.05) is 25.0 Å². The van der Waals surface area contributed by atoms with Crippen molar-refractivity contribution in [1.29, 1.82) is 0 Å². The van der Waals surface area contributed by atoms with E-state index in [2.05, 4.69) is 21.9 Å². The zero-order chi connectivity index (χ0) is 23.3. The SMILES string of the molecule is C#CCCCCN(C(=O)C(=O)N1CCc2cc(OC)c(Br)cc2C1C(=O)O)C(C)(C)C. The zero-order valence-corrected chi connectivity index (χ0v) is 20.0. The number of fused-ring (bicyclic) bond motifs is 1. The Balaban J connectivity index is 2.33. The van der Waals surface area contributed by atoms with Crippen LogP contribution in [-0.2, 0) is 20.8 Å². The van der Waals surface area contributed by atoms with E-state index in [9.17, 15) is 19.5 Å². The number of carboxylic acids is 1. The monoisotopic (exact) mass is 492 g/mol. The third-order valence-electron chi connectivity index (χ3n) is 5.33. The first-order valence-electron chi connectivity index (χ1n) is 10.2. The van der Waals surface area contributed by atoms with Crippen molar-refractivity contribution in [3.05, 3.63) is 27.7 Å². The third-order valence-corrected chi connectivity index (χ3v) is 5.95. The topological polar surface area (TPSA) is 87.2 Å². The second-order valence-electron chi connectivity index (χ2n) is 8.46. The molecule has 7 nitrogen and oxygen atoms in total. The molecule has 1 aliphatic heterocycles. The number of carbonyl (C=O) groups is 3. The zero-order valence-electron chi connectivity index (χ0n) is 18.4. The summed E-state index contributed by atoms with van der Waals surface area (Å²) in [4.78, 5) is 41.2. The molecule has 1 unspecified atom stereocenters. The van der Waals surface area contributed by atoms with Gasteiger partial charge in [-0.2, -0.15) is 0 Å². The largest absolute Gasteiger partial charge is 0.496 e. The number of rotatable bonds is 6. The van der Waals surface area contributed by atoms with Crippen molar-refractivity contribution in [2.45, 2.75) is 58.0 Å². The average molecular weight is 493 g/mol. The van der Waals surface area contributed by atoms with Gasteiger partial charge in [-0.15, -0.1) is 12.3 Å². The van der Waals surface area contributed by atoms with Crippen molar-refractivity contribution < 1.29 is 24.2 Å². The lowest BCUT2D eigenvalue weighted by Crippen LogP contribution is -2.55. The number of aliphatic carboxylic acids is 1. The van der Waals surface area contributed by atoms with Crippen molar-refractivity contribution in [1.82, 2.24) is 9.80 Å². The van der Waals surface area contributed by atoms with Gasteiger partial charge in [0.15, 0.2) is 6.04 Å². The molecule has 1 aromatic carbocycles. The molecule has 1 N–H and O–H groups in total. The maximum atomic E-state index is 13.2. The highest BCUT2D eigenvalue weighted by molar-refractivity contribution is 9.10. The van der Waals surface area contributed by atoms with Crippen LogP contribution >= 0.6 is 15.9 Å². The number of halogens is 1. The first kappa shape index (κ1) is 24.7. The van der Waals surface area contributed by atoms with Crippen molar-refractivity contribution >= 4 is 33.7 Å². The summed E-state index contributed by atoms with van der Waals surface area (Å²) in [6.07, 6.45) is 7.73. The molecule has 0 aliphatic carbocycles. The number of nitrogens with zero attached hydrogens (tertiary/aromatic N) is 2. The van der Waals surface area contributed by atoms with E-state index in [0.717, 1.165) is 16.9 Å². The first-order chi connectivity index (χ1) is 14.5. The molecule has 1 heterocycles. The van der Waals surface area contributed by atoms with Gasteiger partial charge in [0.1, 0.15) is 5.75 Å². The summed E-state index contributed by atoms with van der Waals surface area (Å²) in [6, 6.07) is 2.18. The summed E-state index contributed by atoms with van der Waals surface area (Å²) in [6.45, 7) is 6.06. The molecule has 1 aromatic rings. The van der Waals surface area contributed by atoms with E-state index in [1.807, 2.05) is 20.8 Å². The maximum absolute atomic E-state index is 13.2. The molecule has 0 saturated carbocycles. The van der Waals surface area contributed by atoms with Crippen LogP contribution in [0.2, 0.25) is 0 Å². The Labute approximate surface area is 191 Å². The van der Waals surface area contributed by atoms with Gasteiger partial charge in [-0.05, 0) is 79.2 Å². The summed E-state index contributed by atoms with van der Waals surface area (Å²) in [5.74, 6) is 0.463. The molecule has 0 fully saturated rings. The van der Waals surface area contributed by atoms with Gasteiger partial charge in [-0.3, -0.25) is 9.59 Å². The lowest BCUT2D eigenvalue weighted by molar-refractivity contribution is -0.160. The molecule has 168 valence electrons. The first-order valence-corrected chi connectivity index (χ1v) is 11.0. The van der Waals surface area contributed by atoms with Gasteiger partial charge in [-0.25, -0.2) is 4.79 Å². The predicted octanol–water partition coefficient (Wildman–Crippen LogP) is 3.40. The number of ether oxygens (including phenoxy) is 1. The summed E-state index contributed by atoms with van der Waals surface area (Å²) in [5, 5.41) is 9.92. The Bertz CT molecular complexity index is 900. The molecular weight excluding hydrogens is 464 g/mol. The van der Waals surface area contributed by atoms with Crippen molar-refractivity contribution in [3.63, 3.8) is 0 Å². The average Bonchev–Trinajstić information content (AvgIpc) is 2.70. The Morgan fingerprint density at radius 3 is 2.55 bits per heavy atom. The van der Waals surface area contributed by atoms with Crippen LogP contribution in [0.5, 0.6) is 5.75 Å². The number of methoxy groups -OCH3 is 1. The highest BCUT2D eigenvalue weighted by atomic mass is 79.9. The molecule has 2 amide bonds. The summed E-state index contributed by atoms with van der Waals surface area (Å²) < 4.78 is 5.88. The molecule has 8 heteroatoms. The Hall–Kier alpha value is -2.53. The quantitative estimate of drug-likeness (QED) is 0.373. The molecule has 0 bridgehead atoms. The van der Waals surface area contributed by atoms with Crippen LogP contribution < -0.4 is 4.74 Å². The van der Waals surface area contributed by atoms with Crippen LogP contribution in [0.3, 0.4) is 0 Å². The van der Waals surface area contributed by atoms with E-state index in [4.69, 9.17) is 11.2 Å². The number of hydrogen-bond acceptors (Lipinski definition) is 4. The molecule has 0 spiro atoms. The fourth-order valence-electron chi connectivity index (χ4n) is 3.74. The Morgan fingerprint density at radius 1 is 1.32 bits per heavy atom. The Morgan fingerprint density at radius 2 is 2.00 bits per heavy atom. The summed E-state index contributed by atoms with van der Waals surface area (Å²) in [5.41, 5.74) is 0.668. The minimum absolute atomic E-state index is 0.133. The van der Waals surface area contributed by atoms with E-state index in [1.165, 1.54) is 12.0 Å². The number of amides is 2. The number of unbranched alkanes of at least 4 members (excludes halogenated alkanes) is 2.